The molecule has 0 aliphatic carbocycles. The van der Waals surface area contributed by atoms with E-state index in [4.69, 9.17) is 4.42 Å². The molecule has 0 spiro atoms. The van der Waals surface area contributed by atoms with Crippen molar-refractivity contribution in [1.29, 1.82) is 0 Å². The van der Waals surface area contributed by atoms with Gasteiger partial charge in [-0.3, -0.25) is 10.1 Å². The summed E-state index contributed by atoms with van der Waals surface area (Å²) in [7, 11) is 0. The summed E-state index contributed by atoms with van der Waals surface area (Å²) >= 11 is 0. The molecule has 0 bridgehead atoms. The van der Waals surface area contributed by atoms with E-state index in [0.717, 1.165) is 33.0 Å². The zero-order valence-electron chi connectivity index (χ0n) is 16.7. The highest BCUT2D eigenvalue weighted by molar-refractivity contribution is 6.00. The zero-order chi connectivity index (χ0) is 21.8. The second-order valence-electron chi connectivity index (χ2n) is 7.83. The van der Waals surface area contributed by atoms with Crippen molar-refractivity contribution in [2.24, 2.45) is 0 Å². The van der Waals surface area contributed by atoms with Crippen molar-refractivity contribution in [1.82, 2.24) is 0 Å². The molecule has 6 rings (SSSR count). The molecule has 6 nitrogen and oxygen atoms in total. The highest BCUT2D eigenvalue weighted by Crippen LogP contribution is 2.48. The Hall–Kier alpha value is -4.45. The molecule has 0 radical (unpaired) electrons. The summed E-state index contributed by atoms with van der Waals surface area (Å²) < 4.78 is 5.70. The Morgan fingerprint density at radius 1 is 0.812 bits per heavy atom. The van der Waals surface area contributed by atoms with Crippen molar-refractivity contribution in [3.8, 4) is 0 Å². The van der Waals surface area contributed by atoms with E-state index in [0.29, 0.717) is 16.8 Å². The average molecular weight is 420 g/mol. The molecule has 32 heavy (non-hydrogen) atoms. The van der Waals surface area contributed by atoms with Crippen LogP contribution in [0, 0.1) is 10.1 Å². The maximum absolute atomic E-state index is 13.3. The summed E-state index contributed by atoms with van der Waals surface area (Å²) in [6, 6.07) is 25.9. The molecule has 154 valence electrons. The van der Waals surface area contributed by atoms with Gasteiger partial charge in [0.25, 0.3) is 5.69 Å². The molecule has 0 unspecified atom stereocenters. The Balaban J connectivity index is 1.72. The van der Waals surface area contributed by atoms with Gasteiger partial charge in [0, 0.05) is 29.1 Å². The van der Waals surface area contributed by atoms with Gasteiger partial charge in [-0.25, -0.2) is 4.79 Å². The average Bonchev–Trinajstić information content (AvgIpc) is 2.83. The summed E-state index contributed by atoms with van der Waals surface area (Å²) in [5.74, 6) is -0.436. The van der Waals surface area contributed by atoms with Gasteiger partial charge in [-0.1, -0.05) is 54.6 Å². The van der Waals surface area contributed by atoms with E-state index >= 15 is 0 Å². The van der Waals surface area contributed by atoms with Crippen molar-refractivity contribution in [3.63, 3.8) is 0 Å². The first-order chi connectivity index (χ1) is 15.6. The minimum atomic E-state index is -0.436. The van der Waals surface area contributed by atoms with Gasteiger partial charge in [-0.05, 0) is 40.1 Å². The van der Waals surface area contributed by atoms with Crippen LogP contribution in [-0.4, -0.2) is 4.92 Å². The fourth-order valence-electron chi connectivity index (χ4n) is 4.68. The van der Waals surface area contributed by atoms with Crippen molar-refractivity contribution in [2.75, 3.05) is 5.32 Å². The minimum Gasteiger partial charge on any atom is -0.422 e. The SMILES string of the molecule is O=c1oc2ccccc2c2c1[C@H](c1ccc([N+](=O)[O-])cc1)c1c(ccc3ccccc13)N2. The number of nitro groups is 1. The van der Waals surface area contributed by atoms with Crippen LogP contribution in [0.2, 0.25) is 0 Å². The Morgan fingerprint density at radius 2 is 1.53 bits per heavy atom. The third kappa shape index (κ3) is 2.63. The Morgan fingerprint density at radius 3 is 2.31 bits per heavy atom. The molecule has 1 N–H and O–H groups in total. The third-order valence-corrected chi connectivity index (χ3v) is 6.09. The molecular formula is C26H16N2O4. The predicted molar refractivity (Wildman–Crippen MR) is 124 cm³/mol. The van der Waals surface area contributed by atoms with Crippen molar-refractivity contribution >= 4 is 38.8 Å². The number of nitrogens with one attached hydrogen (secondary N) is 1. The molecule has 1 aromatic heterocycles. The number of rotatable bonds is 2. The number of fused-ring (bicyclic) bond motifs is 6. The van der Waals surface area contributed by atoms with Gasteiger partial charge in [-0.15, -0.1) is 0 Å². The molecule has 1 aliphatic heterocycles. The molecular weight excluding hydrogens is 404 g/mol. The van der Waals surface area contributed by atoms with Crippen molar-refractivity contribution in [3.05, 3.63) is 122 Å². The molecule has 2 heterocycles. The van der Waals surface area contributed by atoms with Gasteiger partial charge in [0.1, 0.15) is 5.58 Å². The van der Waals surface area contributed by atoms with Crippen LogP contribution in [0.3, 0.4) is 0 Å². The molecule has 0 saturated heterocycles. The van der Waals surface area contributed by atoms with Gasteiger partial charge in [0.05, 0.1) is 16.2 Å². The highest BCUT2D eigenvalue weighted by atomic mass is 16.6. The standard InChI is InChI=1S/C26H16N2O4/c29-26-24-22(16-9-12-17(13-10-16)28(30)31)23-18-6-2-1-5-15(18)11-14-20(23)27-25(24)19-7-3-4-8-21(19)32-26/h1-14,22,27H/t22-/m1/s1. The largest absolute Gasteiger partial charge is 0.422 e. The summed E-state index contributed by atoms with van der Waals surface area (Å²) in [4.78, 5) is 24.0. The van der Waals surface area contributed by atoms with Gasteiger partial charge in [0.2, 0.25) is 0 Å². The van der Waals surface area contributed by atoms with Crippen molar-refractivity contribution in [2.45, 2.75) is 5.92 Å². The Kier molecular flexibility index (Phi) is 3.89. The van der Waals surface area contributed by atoms with Crippen LogP contribution in [0.4, 0.5) is 17.1 Å². The molecule has 1 aliphatic rings. The molecule has 1 atom stereocenters. The summed E-state index contributed by atoms with van der Waals surface area (Å²) in [6.45, 7) is 0. The first kappa shape index (κ1) is 18.3. The molecule has 4 aromatic carbocycles. The van der Waals surface area contributed by atoms with Gasteiger partial charge >= 0.3 is 5.63 Å². The second-order valence-corrected chi connectivity index (χ2v) is 7.83. The van der Waals surface area contributed by atoms with Gasteiger partial charge in [0.15, 0.2) is 0 Å². The van der Waals surface area contributed by atoms with E-state index in [2.05, 4.69) is 5.32 Å². The van der Waals surface area contributed by atoms with E-state index in [9.17, 15) is 14.9 Å². The third-order valence-electron chi connectivity index (χ3n) is 6.09. The summed E-state index contributed by atoms with van der Waals surface area (Å²) in [6.07, 6.45) is 0. The number of para-hydroxylation sites is 1. The minimum absolute atomic E-state index is 0.00611. The first-order valence-electron chi connectivity index (χ1n) is 10.2. The number of anilines is 2. The Bertz CT molecular complexity index is 1600. The van der Waals surface area contributed by atoms with Crippen LogP contribution in [0.1, 0.15) is 22.6 Å². The van der Waals surface area contributed by atoms with E-state index < -0.39 is 16.5 Å². The number of hydrogen-bond donors (Lipinski definition) is 1. The number of non-ortho nitro benzene ring substituents is 1. The molecule has 5 aromatic rings. The quantitative estimate of drug-likeness (QED) is 0.208. The number of hydrogen-bond acceptors (Lipinski definition) is 5. The monoisotopic (exact) mass is 420 g/mol. The van der Waals surface area contributed by atoms with Gasteiger partial charge in [-0.2, -0.15) is 0 Å². The van der Waals surface area contributed by atoms with Crippen LogP contribution >= 0.6 is 0 Å². The van der Waals surface area contributed by atoms with Crippen LogP contribution in [0.15, 0.2) is 94.1 Å². The fraction of sp³-hybridized carbons (Fsp3) is 0.0385. The van der Waals surface area contributed by atoms with Crippen molar-refractivity contribution < 1.29 is 9.34 Å². The maximum atomic E-state index is 13.3. The summed E-state index contributed by atoms with van der Waals surface area (Å²) in [5, 5.41) is 17.5. The smallest absolute Gasteiger partial charge is 0.342 e. The van der Waals surface area contributed by atoms with E-state index in [1.165, 1.54) is 12.1 Å². The second kappa shape index (κ2) is 6.78. The van der Waals surface area contributed by atoms with Crippen LogP contribution < -0.4 is 10.9 Å². The lowest BCUT2D eigenvalue weighted by molar-refractivity contribution is -0.384. The predicted octanol–water partition coefficient (Wildman–Crippen LogP) is 6.09. The molecule has 0 saturated carbocycles. The van der Waals surface area contributed by atoms with E-state index in [1.54, 1.807) is 18.2 Å². The zero-order valence-corrected chi connectivity index (χ0v) is 16.7. The molecule has 0 fully saturated rings. The van der Waals surface area contributed by atoms with Gasteiger partial charge < -0.3 is 9.73 Å². The highest BCUT2D eigenvalue weighted by Gasteiger charge is 2.33. The first-order valence-corrected chi connectivity index (χ1v) is 10.2. The fourth-order valence-corrected chi connectivity index (χ4v) is 4.68. The number of nitro benzene ring substituents is 1. The maximum Gasteiger partial charge on any atom is 0.342 e. The van der Waals surface area contributed by atoms with E-state index in [-0.39, 0.29) is 5.69 Å². The van der Waals surface area contributed by atoms with Crippen LogP contribution in [0.25, 0.3) is 21.7 Å². The molecule has 6 heteroatoms. The normalized spacial score (nSPS) is 14.6. The topological polar surface area (TPSA) is 85.4 Å². The lowest BCUT2D eigenvalue weighted by atomic mass is 9.79. The van der Waals surface area contributed by atoms with Crippen LogP contribution in [0.5, 0.6) is 0 Å². The molecule has 0 amide bonds. The van der Waals surface area contributed by atoms with Crippen LogP contribution in [-0.2, 0) is 0 Å². The Labute approximate surface area is 181 Å². The summed E-state index contributed by atoms with van der Waals surface area (Å²) in [5.41, 5.74) is 3.94. The number of nitrogens with zero attached hydrogens (tertiary/aromatic N) is 1. The number of benzene rings is 4. The lowest BCUT2D eigenvalue weighted by Crippen LogP contribution is -2.22. The van der Waals surface area contributed by atoms with E-state index in [1.807, 2.05) is 54.6 Å². The lowest BCUT2D eigenvalue weighted by Gasteiger charge is -2.30.